The standard InChI is InChI=1S/C32H37B2O9P/c1-37-24-13-9-22(10-14-24)32(21-7-5-4-6-8-21,23-11-15-25(38-2)16-12-23)39-19-29-27(18-31(34)42-29)43-44(3,36)40-20-28-26(35)17-30(33)41-28/h4-16,26-31,35-36H,3,17-20H2,1-2H3/t26-,27-,28-,29-,30-,31-,44?/m1/s1. The smallest absolute Gasteiger partial charge is 0.248 e. The zero-order valence-electron chi connectivity index (χ0n) is 24.9. The Bertz CT molecular complexity index is 1350. The number of ether oxygens (including phenoxy) is 5. The molecule has 2 aliphatic heterocycles. The first-order valence-electron chi connectivity index (χ1n) is 14.4. The van der Waals surface area contributed by atoms with Gasteiger partial charge in [0.2, 0.25) is 7.57 Å². The molecule has 0 saturated carbocycles. The third-order valence-corrected chi connectivity index (χ3v) is 9.01. The monoisotopic (exact) mass is 618 g/mol. The highest BCUT2D eigenvalue weighted by atomic mass is 31.2. The lowest BCUT2D eigenvalue weighted by Gasteiger charge is -2.37. The minimum atomic E-state index is -3.61. The Kier molecular flexibility index (Phi) is 10.6. The molecule has 1 unspecified atom stereocenters. The molecule has 2 fully saturated rings. The summed E-state index contributed by atoms with van der Waals surface area (Å²) >= 11 is 0. The van der Waals surface area contributed by atoms with Gasteiger partial charge in [-0.2, -0.15) is 0 Å². The zero-order valence-corrected chi connectivity index (χ0v) is 25.8. The van der Waals surface area contributed by atoms with E-state index in [1.54, 1.807) is 14.2 Å². The quantitative estimate of drug-likeness (QED) is 0.169. The van der Waals surface area contributed by atoms with Crippen LogP contribution in [0.25, 0.3) is 0 Å². The van der Waals surface area contributed by atoms with Crippen molar-refractivity contribution in [3.63, 3.8) is 0 Å². The maximum absolute atomic E-state index is 11.0. The summed E-state index contributed by atoms with van der Waals surface area (Å²) in [4.78, 5) is 11.0. The first-order valence-corrected chi connectivity index (χ1v) is 16.2. The SMILES string of the molecule is [B][C@H]1C[C@@H](O)[C@@H](COP(=C)(O)O[C@@H]2C[C@H]([B])O[C@@H]2COC(c2ccccc2)(c2ccc(OC)cc2)c2ccc(OC)cc2)O1. The Balaban J connectivity index is 1.42. The minimum Gasteiger partial charge on any atom is -0.497 e. The van der Waals surface area contributed by atoms with E-state index in [2.05, 4.69) is 6.30 Å². The first kappa shape index (κ1) is 32.8. The van der Waals surface area contributed by atoms with Crippen LogP contribution in [0.5, 0.6) is 11.5 Å². The van der Waals surface area contributed by atoms with E-state index in [4.69, 9.17) is 48.4 Å². The van der Waals surface area contributed by atoms with E-state index in [1.165, 1.54) is 0 Å². The van der Waals surface area contributed by atoms with Crippen molar-refractivity contribution in [3.8, 4) is 11.5 Å². The van der Waals surface area contributed by atoms with E-state index in [-0.39, 0.29) is 26.1 Å². The average molecular weight is 618 g/mol. The Morgan fingerprint density at radius 3 is 1.84 bits per heavy atom. The molecule has 3 aromatic carbocycles. The van der Waals surface area contributed by atoms with Gasteiger partial charge in [-0.1, -0.05) is 54.6 Å². The van der Waals surface area contributed by atoms with Gasteiger partial charge in [0.05, 0.1) is 39.6 Å². The minimum absolute atomic E-state index is 0.0463. The van der Waals surface area contributed by atoms with Crippen LogP contribution in [0.4, 0.5) is 0 Å². The summed E-state index contributed by atoms with van der Waals surface area (Å²) in [5.74, 6) is 1.42. The molecular weight excluding hydrogens is 581 g/mol. The van der Waals surface area contributed by atoms with Crippen molar-refractivity contribution in [3.05, 3.63) is 95.6 Å². The third kappa shape index (κ3) is 7.44. The Morgan fingerprint density at radius 2 is 1.32 bits per heavy atom. The number of aliphatic hydroxyl groups excluding tert-OH is 1. The van der Waals surface area contributed by atoms with Crippen LogP contribution in [0, 0.1) is 0 Å². The molecule has 12 heteroatoms. The van der Waals surface area contributed by atoms with E-state index < -0.39 is 49.6 Å². The van der Waals surface area contributed by atoms with Crippen LogP contribution in [0.2, 0.25) is 0 Å². The summed E-state index contributed by atoms with van der Waals surface area (Å²) in [7, 11) is 11.6. The largest absolute Gasteiger partial charge is 0.497 e. The van der Waals surface area contributed by atoms with Gasteiger partial charge in [0.1, 0.15) is 45.0 Å². The Hall–Kier alpha value is -2.59. The predicted octanol–water partition coefficient (Wildman–Crippen LogP) is 3.53. The molecule has 2 N–H and O–H groups in total. The van der Waals surface area contributed by atoms with E-state index in [9.17, 15) is 10.00 Å². The van der Waals surface area contributed by atoms with Crippen molar-refractivity contribution < 1.29 is 42.7 Å². The van der Waals surface area contributed by atoms with Crippen LogP contribution in [-0.4, -0.2) is 95.8 Å². The summed E-state index contributed by atoms with van der Waals surface area (Å²) in [6.07, 6.45) is 1.49. The predicted molar refractivity (Wildman–Crippen MR) is 169 cm³/mol. The maximum Gasteiger partial charge on any atom is 0.248 e. The van der Waals surface area contributed by atoms with E-state index in [1.807, 2.05) is 78.9 Å². The second kappa shape index (κ2) is 14.2. The van der Waals surface area contributed by atoms with Crippen LogP contribution in [0.15, 0.2) is 78.9 Å². The van der Waals surface area contributed by atoms with Crippen molar-refractivity contribution in [1.82, 2.24) is 0 Å². The van der Waals surface area contributed by atoms with Gasteiger partial charge in [-0.3, -0.25) is 0 Å². The van der Waals surface area contributed by atoms with Crippen LogP contribution in [0.3, 0.4) is 0 Å². The van der Waals surface area contributed by atoms with Gasteiger partial charge in [-0.15, -0.1) is 0 Å². The molecule has 2 heterocycles. The second-order valence-electron chi connectivity index (χ2n) is 10.9. The fraction of sp³-hybridized carbons (Fsp3) is 0.406. The van der Waals surface area contributed by atoms with Crippen molar-refractivity contribution in [2.45, 2.75) is 54.9 Å². The summed E-state index contributed by atoms with van der Waals surface area (Å²) in [5.41, 5.74) is 1.51. The molecule has 3 aromatic rings. The molecule has 230 valence electrons. The normalized spacial score (nSPS) is 26.7. The third-order valence-electron chi connectivity index (χ3n) is 7.86. The molecule has 7 atom stereocenters. The molecule has 0 aliphatic carbocycles. The molecule has 0 amide bonds. The number of benzene rings is 3. The molecule has 0 spiro atoms. The lowest BCUT2D eigenvalue weighted by Crippen LogP contribution is -2.38. The summed E-state index contributed by atoms with van der Waals surface area (Å²) in [5, 5.41) is 10.1. The van der Waals surface area contributed by atoms with Gasteiger partial charge in [-0.05, 0) is 60.1 Å². The lowest BCUT2D eigenvalue weighted by molar-refractivity contribution is -0.0727. The molecule has 4 radical (unpaired) electrons. The molecule has 0 aromatic heterocycles. The lowest BCUT2D eigenvalue weighted by atomic mass is 9.80. The van der Waals surface area contributed by atoms with Gasteiger partial charge >= 0.3 is 0 Å². The fourth-order valence-electron chi connectivity index (χ4n) is 5.63. The second-order valence-corrected chi connectivity index (χ2v) is 12.6. The van der Waals surface area contributed by atoms with Gasteiger partial charge < -0.3 is 42.7 Å². The topological polar surface area (TPSA) is 105 Å². The zero-order chi connectivity index (χ0) is 31.3. The van der Waals surface area contributed by atoms with Crippen LogP contribution < -0.4 is 9.47 Å². The van der Waals surface area contributed by atoms with Crippen LogP contribution in [-0.2, 0) is 28.9 Å². The highest BCUT2D eigenvalue weighted by Gasteiger charge is 2.43. The average Bonchev–Trinajstić information content (AvgIpc) is 3.55. The summed E-state index contributed by atoms with van der Waals surface area (Å²) in [6.45, 7) is -0.0832. The van der Waals surface area contributed by atoms with Crippen LogP contribution >= 0.6 is 7.57 Å². The fourth-order valence-corrected chi connectivity index (χ4v) is 6.72. The maximum atomic E-state index is 11.0. The highest BCUT2D eigenvalue weighted by Crippen LogP contribution is 2.48. The van der Waals surface area contributed by atoms with Gasteiger partial charge in [-0.25, -0.2) is 0 Å². The van der Waals surface area contributed by atoms with Crippen molar-refractivity contribution >= 4 is 29.6 Å². The summed E-state index contributed by atoms with van der Waals surface area (Å²) in [6, 6.07) is 24.0. The molecule has 2 saturated heterocycles. The molecule has 0 bridgehead atoms. The van der Waals surface area contributed by atoms with Gasteiger partial charge in [0.25, 0.3) is 0 Å². The van der Waals surface area contributed by atoms with Gasteiger partial charge in [0, 0.05) is 12.0 Å². The number of hydrogen-bond donors (Lipinski definition) is 2. The number of hydrogen-bond acceptors (Lipinski definition) is 9. The molecule has 5 rings (SSSR count). The van der Waals surface area contributed by atoms with Gasteiger partial charge in [0.15, 0.2) is 0 Å². The molecular formula is C32H37B2O9P. The number of rotatable bonds is 13. The number of aliphatic hydroxyl groups is 1. The molecule has 9 nitrogen and oxygen atoms in total. The van der Waals surface area contributed by atoms with Crippen molar-refractivity contribution in [1.29, 1.82) is 0 Å². The number of methoxy groups -OCH3 is 2. The van der Waals surface area contributed by atoms with E-state index in [0.29, 0.717) is 11.5 Å². The molecule has 44 heavy (non-hydrogen) atoms. The molecule has 2 aliphatic rings. The highest BCUT2D eigenvalue weighted by molar-refractivity contribution is 7.58. The summed E-state index contributed by atoms with van der Waals surface area (Å²) < 4.78 is 40.9. The van der Waals surface area contributed by atoms with E-state index in [0.717, 1.165) is 16.7 Å². The first-order chi connectivity index (χ1) is 21.1. The van der Waals surface area contributed by atoms with E-state index >= 15 is 0 Å². The van der Waals surface area contributed by atoms with Crippen molar-refractivity contribution in [2.24, 2.45) is 0 Å². The van der Waals surface area contributed by atoms with Crippen molar-refractivity contribution in [2.75, 3.05) is 27.4 Å². The Labute approximate surface area is 261 Å². The van der Waals surface area contributed by atoms with Crippen LogP contribution in [0.1, 0.15) is 29.5 Å². The Morgan fingerprint density at radius 1 is 0.795 bits per heavy atom.